The van der Waals surface area contributed by atoms with Crippen molar-refractivity contribution in [2.45, 2.75) is 20.0 Å². The maximum atomic E-state index is 5.70. The van der Waals surface area contributed by atoms with E-state index in [1.807, 2.05) is 26.0 Å². The fourth-order valence-electron chi connectivity index (χ4n) is 1.08. The minimum absolute atomic E-state index is 0.412. The first-order valence-electron chi connectivity index (χ1n) is 4.99. The summed E-state index contributed by atoms with van der Waals surface area (Å²) in [4.78, 5) is 0. The lowest BCUT2D eigenvalue weighted by molar-refractivity contribution is 0.412. The van der Waals surface area contributed by atoms with Crippen molar-refractivity contribution in [3.8, 4) is 0 Å². The molecule has 4 nitrogen and oxygen atoms in total. The van der Waals surface area contributed by atoms with Crippen LogP contribution in [0.15, 0.2) is 12.1 Å². The second-order valence-corrected chi connectivity index (χ2v) is 3.70. The molecule has 6 N–H and O–H groups in total. The lowest BCUT2D eigenvalue weighted by Gasteiger charge is -2.05. The van der Waals surface area contributed by atoms with Gasteiger partial charge in [0.05, 0.1) is 12.7 Å². The Morgan fingerprint density at radius 2 is 1.93 bits per heavy atom. The van der Waals surface area contributed by atoms with E-state index in [-0.39, 0.29) is 0 Å². The molecule has 0 radical (unpaired) electrons. The highest BCUT2D eigenvalue weighted by molar-refractivity contribution is 5.64. The van der Waals surface area contributed by atoms with Crippen LogP contribution in [0, 0.1) is 13.8 Å². The standard InChI is InChI=1S/C8H12N2.C3H7NO/c1-5-3-4-7(9)6(2)8(5)10;4-1-3-2-5-3/h3-4H,9-10H2,1-2H3;3H,1-2,4H2. The van der Waals surface area contributed by atoms with Crippen LogP contribution in [0.5, 0.6) is 0 Å². The Balaban J connectivity index is 0.000000187. The molecule has 0 aliphatic carbocycles. The number of nitrogens with two attached hydrogens (primary N) is 3. The van der Waals surface area contributed by atoms with Crippen LogP contribution in [0.4, 0.5) is 11.4 Å². The summed E-state index contributed by atoms with van der Waals surface area (Å²) in [7, 11) is 0. The Kier molecular flexibility index (Phi) is 3.94. The number of hydrogen-bond donors (Lipinski definition) is 3. The van der Waals surface area contributed by atoms with E-state index in [9.17, 15) is 0 Å². The summed E-state index contributed by atoms with van der Waals surface area (Å²) in [5, 5.41) is 0. The minimum atomic E-state index is 0.412. The fourth-order valence-corrected chi connectivity index (χ4v) is 1.08. The van der Waals surface area contributed by atoms with Gasteiger partial charge in [0.1, 0.15) is 0 Å². The van der Waals surface area contributed by atoms with Gasteiger partial charge in [-0.15, -0.1) is 0 Å². The smallest absolute Gasteiger partial charge is 0.0931 e. The van der Waals surface area contributed by atoms with Crippen molar-refractivity contribution in [2.24, 2.45) is 5.73 Å². The molecule has 0 spiro atoms. The van der Waals surface area contributed by atoms with Gasteiger partial charge in [-0.05, 0) is 31.0 Å². The molecule has 1 aliphatic rings. The van der Waals surface area contributed by atoms with E-state index in [0.717, 1.165) is 29.1 Å². The third-order valence-electron chi connectivity index (χ3n) is 2.44. The average molecular weight is 209 g/mol. The topological polar surface area (TPSA) is 90.6 Å². The van der Waals surface area contributed by atoms with Crippen LogP contribution in [0.1, 0.15) is 11.1 Å². The zero-order chi connectivity index (χ0) is 11.4. The van der Waals surface area contributed by atoms with Gasteiger partial charge in [-0.25, -0.2) is 0 Å². The van der Waals surface area contributed by atoms with Crippen LogP contribution >= 0.6 is 0 Å². The van der Waals surface area contributed by atoms with Crippen LogP contribution in [0.3, 0.4) is 0 Å². The zero-order valence-electron chi connectivity index (χ0n) is 9.29. The largest absolute Gasteiger partial charge is 0.398 e. The van der Waals surface area contributed by atoms with Crippen LogP contribution in [-0.2, 0) is 4.74 Å². The first-order valence-corrected chi connectivity index (χ1v) is 4.99. The van der Waals surface area contributed by atoms with Crippen molar-refractivity contribution < 1.29 is 4.74 Å². The van der Waals surface area contributed by atoms with E-state index in [4.69, 9.17) is 21.9 Å². The first kappa shape index (κ1) is 11.8. The highest BCUT2D eigenvalue weighted by Gasteiger charge is 2.18. The van der Waals surface area contributed by atoms with Gasteiger partial charge in [-0.3, -0.25) is 0 Å². The van der Waals surface area contributed by atoms with Gasteiger partial charge in [0.15, 0.2) is 0 Å². The molecule has 1 saturated heterocycles. The van der Waals surface area contributed by atoms with E-state index in [2.05, 4.69) is 0 Å². The van der Waals surface area contributed by atoms with Crippen molar-refractivity contribution in [2.75, 3.05) is 24.6 Å². The highest BCUT2D eigenvalue weighted by Crippen LogP contribution is 2.21. The van der Waals surface area contributed by atoms with Crippen LogP contribution < -0.4 is 17.2 Å². The molecular formula is C11H19N3O. The summed E-state index contributed by atoms with van der Waals surface area (Å²) in [5.41, 5.74) is 20.1. The second-order valence-electron chi connectivity index (χ2n) is 3.70. The van der Waals surface area contributed by atoms with Gasteiger partial charge in [0.25, 0.3) is 0 Å². The molecule has 0 aromatic heterocycles. The van der Waals surface area contributed by atoms with Crippen LogP contribution in [0.2, 0.25) is 0 Å². The SMILES string of the molecule is Cc1ccc(N)c(C)c1N.NCC1CO1. The molecule has 15 heavy (non-hydrogen) atoms. The highest BCUT2D eigenvalue weighted by atomic mass is 16.6. The molecular weight excluding hydrogens is 190 g/mol. The number of epoxide rings is 1. The molecule has 1 fully saturated rings. The summed E-state index contributed by atoms with van der Waals surface area (Å²) < 4.78 is 4.73. The quantitative estimate of drug-likeness (QED) is 0.471. The molecule has 1 atom stereocenters. The van der Waals surface area contributed by atoms with Crippen molar-refractivity contribution in [1.82, 2.24) is 0 Å². The molecule has 1 heterocycles. The number of aryl methyl sites for hydroxylation is 1. The number of anilines is 2. The van der Waals surface area contributed by atoms with Crippen LogP contribution in [0.25, 0.3) is 0 Å². The molecule has 0 bridgehead atoms. The van der Waals surface area contributed by atoms with Crippen molar-refractivity contribution in [3.05, 3.63) is 23.3 Å². The third-order valence-corrected chi connectivity index (χ3v) is 2.44. The van der Waals surface area contributed by atoms with Gasteiger partial charge >= 0.3 is 0 Å². The van der Waals surface area contributed by atoms with Gasteiger partial charge in [0, 0.05) is 17.9 Å². The van der Waals surface area contributed by atoms with Crippen molar-refractivity contribution >= 4 is 11.4 Å². The molecule has 4 heteroatoms. The Hall–Kier alpha value is -1.26. The lowest BCUT2D eigenvalue weighted by atomic mass is 10.1. The molecule has 1 aromatic rings. The monoisotopic (exact) mass is 209 g/mol. The Bertz CT molecular complexity index is 308. The summed E-state index contributed by atoms with van der Waals surface area (Å²) in [6, 6.07) is 3.80. The number of rotatable bonds is 1. The number of benzene rings is 1. The second kappa shape index (κ2) is 5.00. The van der Waals surface area contributed by atoms with E-state index in [1.54, 1.807) is 0 Å². The van der Waals surface area contributed by atoms with E-state index in [1.165, 1.54) is 0 Å². The predicted molar refractivity (Wildman–Crippen MR) is 63.5 cm³/mol. The Morgan fingerprint density at radius 1 is 1.33 bits per heavy atom. The molecule has 1 aromatic carbocycles. The minimum Gasteiger partial charge on any atom is -0.398 e. The maximum absolute atomic E-state index is 5.70. The van der Waals surface area contributed by atoms with Gasteiger partial charge in [0.2, 0.25) is 0 Å². The van der Waals surface area contributed by atoms with Crippen molar-refractivity contribution in [3.63, 3.8) is 0 Å². The summed E-state index contributed by atoms with van der Waals surface area (Å²) >= 11 is 0. The number of hydrogen-bond acceptors (Lipinski definition) is 4. The molecule has 2 rings (SSSR count). The number of nitrogen functional groups attached to an aromatic ring is 2. The third kappa shape index (κ3) is 3.42. The first-order chi connectivity index (χ1) is 7.06. The summed E-state index contributed by atoms with van der Waals surface area (Å²) in [5.74, 6) is 0. The molecule has 0 amide bonds. The van der Waals surface area contributed by atoms with Gasteiger partial charge < -0.3 is 21.9 Å². The zero-order valence-corrected chi connectivity index (χ0v) is 9.29. The van der Waals surface area contributed by atoms with Crippen LogP contribution in [-0.4, -0.2) is 19.3 Å². The molecule has 1 aliphatic heterocycles. The predicted octanol–water partition coefficient (Wildman–Crippen LogP) is 0.812. The summed E-state index contributed by atoms with van der Waals surface area (Å²) in [6.45, 7) is 5.48. The summed E-state index contributed by atoms with van der Waals surface area (Å²) in [6.07, 6.45) is 0.412. The normalized spacial score (nSPS) is 17.9. The van der Waals surface area contributed by atoms with E-state index >= 15 is 0 Å². The average Bonchev–Trinajstić information content (AvgIpc) is 3.05. The Labute approximate surface area is 90.4 Å². The lowest BCUT2D eigenvalue weighted by Crippen LogP contribution is -2.05. The van der Waals surface area contributed by atoms with Gasteiger partial charge in [-0.1, -0.05) is 6.07 Å². The maximum Gasteiger partial charge on any atom is 0.0931 e. The van der Waals surface area contributed by atoms with E-state index in [0.29, 0.717) is 12.6 Å². The molecule has 0 saturated carbocycles. The molecule has 84 valence electrons. The fraction of sp³-hybridized carbons (Fsp3) is 0.455. The number of ether oxygens (including phenoxy) is 1. The van der Waals surface area contributed by atoms with Gasteiger partial charge in [-0.2, -0.15) is 0 Å². The molecule has 1 unspecified atom stereocenters. The Morgan fingerprint density at radius 3 is 2.27 bits per heavy atom. The van der Waals surface area contributed by atoms with E-state index < -0.39 is 0 Å². The van der Waals surface area contributed by atoms with Crippen molar-refractivity contribution in [1.29, 1.82) is 0 Å².